The second kappa shape index (κ2) is 7.11. The van der Waals surface area contributed by atoms with Gasteiger partial charge in [0.05, 0.1) is 6.04 Å². The van der Waals surface area contributed by atoms with Gasteiger partial charge in [0.15, 0.2) is 0 Å². The van der Waals surface area contributed by atoms with Crippen LogP contribution in [0.1, 0.15) is 41.0 Å². The van der Waals surface area contributed by atoms with Crippen LogP contribution in [-0.4, -0.2) is 59.6 Å². The van der Waals surface area contributed by atoms with Crippen LogP contribution in [0.2, 0.25) is 0 Å². The molecule has 2 amide bonds. The molecular weight excluding hydrogens is 270 g/mol. The summed E-state index contributed by atoms with van der Waals surface area (Å²) in [6.45, 7) is 11.8. The van der Waals surface area contributed by atoms with Crippen molar-refractivity contribution in [3.8, 4) is 0 Å². The van der Waals surface area contributed by atoms with Gasteiger partial charge in [-0.2, -0.15) is 0 Å². The molecule has 122 valence electrons. The highest BCUT2D eigenvalue weighted by Crippen LogP contribution is 2.19. The molecule has 0 aromatic carbocycles. The fourth-order valence-electron chi connectivity index (χ4n) is 2.44. The van der Waals surface area contributed by atoms with Gasteiger partial charge in [0.2, 0.25) is 5.91 Å². The predicted molar refractivity (Wildman–Crippen MR) is 81.8 cm³/mol. The molecular formula is C15H29N3O3. The number of likely N-dealkylation sites (tertiary alicyclic amines) is 1. The van der Waals surface area contributed by atoms with E-state index in [0.717, 1.165) is 13.0 Å². The Hall–Kier alpha value is -1.30. The second-order valence-corrected chi connectivity index (χ2v) is 6.75. The first kappa shape index (κ1) is 17.8. The van der Waals surface area contributed by atoms with Gasteiger partial charge in [0.1, 0.15) is 5.60 Å². The lowest BCUT2D eigenvalue weighted by Gasteiger charge is -2.28. The Morgan fingerprint density at radius 2 is 2.05 bits per heavy atom. The molecule has 1 aliphatic rings. The summed E-state index contributed by atoms with van der Waals surface area (Å²) in [5.74, 6) is 0.276. The van der Waals surface area contributed by atoms with Crippen LogP contribution in [0, 0.1) is 5.92 Å². The molecule has 1 heterocycles. The molecule has 2 N–H and O–H groups in total. The minimum absolute atomic E-state index is 0.0159. The van der Waals surface area contributed by atoms with Gasteiger partial charge >= 0.3 is 6.09 Å². The molecule has 2 atom stereocenters. The summed E-state index contributed by atoms with van der Waals surface area (Å²) in [7, 11) is 0. The summed E-state index contributed by atoms with van der Waals surface area (Å²) in [6.07, 6.45) is 0.611. The maximum atomic E-state index is 12.1. The molecule has 2 unspecified atom stereocenters. The van der Waals surface area contributed by atoms with E-state index in [2.05, 4.69) is 0 Å². The zero-order valence-corrected chi connectivity index (χ0v) is 13.9. The highest BCUT2D eigenvalue weighted by Gasteiger charge is 2.30. The molecule has 0 aliphatic carbocycles. The molecule has 0 saturated carbocycles. The highest BCUT2D eigenvalue weighted by atomic mass is 16.6. The van der Waals surface area contributed by atoms with Crippen LogP contribution in [0.5, 0.6) is 0 Å². The van der Waals surface area contributed by atoms with Crippen LogP contribution in [0.25, 0.3) is 0 Å². The van der Waals surface area contributed by atoms with Gasteiger partial charge in [0.25, 0.3) is 0 Å². The van der Waals surface area contributed by atoms with E-state index in [1.165, 1.54) is 0 Å². The van der Waals surface area contributed by atoms with Crippen molar-refractivity contribution >= 4 is 12.0 Å². The van der Waals surface area contributed by atoms with Gasteiger partial charge in [-0.3, -0.25) is 4.79 Å². The molecule has 0 bridgehead atoms. The number of nitrogens with zero attached hydrogens (tertiary/aromatic N) is 2. The first-order valence-electron chi connectivity index (χ1n) is 7.66. The van der Waals surface area contributed by atoms with E-state index in [-0.39, 0.29) is 12.0 Å². The lowest BCUT2D eigenvalue weighted by molar-refractivity contribution is -0.131. The average molecular weight is 299 g/mol. The zero-order chi connectivity index (χ0) is 16.2. The smallest absolute Gasteiger partial charge is 0.410 e. The molecule has 1 saturated heterocycles. The monoisotopic (exact) mass is 299 g/mol. The molecule has 21 heavy (non-hydrogen) atoms. The lowest BCUT2D eigenvalue weighted by Crippen LogP contribution is -2.42. The summed E-state index contributed by atoms with van der Waals surface area (Å²) in [6, 6.07) is -0.461. The molecule has 0 spiro atoms. The number of hydrogen-bond donors (Lipinski definition) is 1. The first-order chi connectivity index (χ1) is 9.64. The molecule has 6 heteroatoms. The largest absolute Gasteiger partial charge is 0.444 e. The Balaban J connectivity index is 2.52. The van der Waals surface area contributed by atoms with Gasteiger partial charge in [-0.25, -0.2) is 4.79 Å². The van der Waals surface area contributed by atoms with Crippen molar-refractivity contribution in [3.63, 3.8) is 0 Å². The summed E-state index contributed by atoms with van der Waals surface area (Å²) in [5, 5.41) is 0. The van der Waals surface area contributed by atoms with E-state index in [9.17, 15) is 9.59 Å². The molecule has 1 rings (SSSR count). The third kappa shape index (κ3) is 5.53. The van der Waals surface area contributed by atoms with Crippen molar-refractivity contribution in [2.45, 2.75) is 52.7 Å². The topological polar surface area (TPSA) is 75.9 Å². The first-order valence-corrected chi connectivity index (χ1v) is 7.66. The van der Waals surface area contributed by atoms with Crippen molar-refractivity contribution in [1.82, 2.24) is 9.80 Å². The van der Waals surface area contributed by atoms with E-state index >= 15 is 0 Å². The highest BCUT2D eigenvalue weighted by molar-refractivity contribution is 5.81. The SMILES string of the molecule is CCN(CC1CCN(C(=O)C(C)N)C1)C(=O)OC(C)(C)C. The van der Waals surface area contributed by atoms with E-state index in [0.29, 0.717) is 25.6 Å². The van der Waals surface area contributed by atoms with Crippen molar-refractivity contribution in [1.29, 1.82) is 0 Å². The minimum Gasteiger partial charge on any atom is -0.444 e. The molecule has 6 nitrogen and oxygen atoms in total. The Bertz CT molecular complexity index is 377. The average Bonchev–Trinajstić information content (AvgIpc) is 2.80. The zero-order valence-electron chi connectivity index (χ0n) is 13.9. The number of hydrogen-bond acceptors (Lipinski definition) is 4. The third-order valence-corrected chi connectivity index (χ3v) is 3.50. The maximum absolute atomic E-state index is 12.1. The Kier molecular flexibility index (Phi) is 6.01. The fourth-order valence-corrected chi connectivity index (χ4v) is 2.44. The third-order valence-electron chi connectivity index (χ3n) is 3.50. The summed E-state index contributed by atoms with van der Waals surface area (Å²) >= 11 is 0. The predicted octanol–water partition coefficient (Wildman–Crippen LogP) is 1.44. The van der Waals surface area contributed by atoms with Crippen molar-refractivity contribution in [2.75, 3.05) is 26.2 Å². The van der Waals surface area contributed by atoms with Crippen LogP contribution in [0.15, 0.2) is 0 Å². The fraction of sp³-hybridized carbons (Fsp3) is 0.867. The number of nitrogens with two attached hydrogens (primary N) is 1. The Morgan fingerprint density at radius 3 is 2.52 bits per heavy atom. The standard InChI is InChI=1S/C15H29N3O3/c1-6-17(14(20)21-15(3,4)5)9-12-7-8-18(10-12)13(19)11(2)16/h11-12H,6-10,16H2,1-5H3. The number of amides is 2. The van der Waals surface area contributed by atoms with Crippen LogP contribution in [0.3, 0.4) is 0 Å². The van der Waals surface area contributed by atoms with Gasteiger partial charge in [-0.05, 0) is 47.0 Å². The summed E-state index contributed by atoms with van der Waals surface area (Å²) in [4.78, 5) is 27.5. The minimum atomic E-state index is -0.489. The Morgan fingerprint density at radius 1 is 1.43 bits per heavy atom. The maximum Gasteiger partial charge on any atom is 0.410 e. The molecule has 1 fully saturated rings. The quantitative estimate of drug-likeness (QED) is 0.852. The molecule has 0 aromatic rings. The summed E-state index contributed by atoms with van der Waals surface area (Å²) in [5.41, 5.74) is 5.14. The van der Waals surface area contributed by atoms with Crippen LogP contribution in [-0.2, 0) is 9.53 Å². The van der Waals surface area contributed by atoms with Gasteiger partial charge in [0, 0.05) is 26.2 Å². The van der Waals surface area contributed by atoms with Crippen molar-refractivity contribution in [2.24, 2.45) is 11.7 Å². The molecule has 0 radical (unpaired) electrons. The van der Waals surface area contributed by atoms with Crippen molar-refractivity contribution < 1.29 is 14.3 Å². The normalized spacial score (nSPS) is 20.3. The van der Waals surface area contributed by atoms with Crippen molar-refractivity contribution in [3.05, 3.63) is 0 Å². The van der Waals surface area contributed by atoms with E-state index in [1.54, 1.807) is 16.7 Å². The van der Waals surface area contributed by atoms with Crippen LogP contribution < -0.4 is 5.73 Å². The van der Waals surface area contributed by atoms with Gasteiger partial charge in [-0.1, -0.05) is 0 Å². The van der Waals surface area contributed by atoms with Gasteiger partial charge < -0.3 is 20.3 Å². The molecule has 1 aliphatic heterocycles. The Labute approximate surface area is 127 Å². The lowest BCUT2D eigenvalue weighted by atomic mass is 10.1. The van der Waals surface area contributed by atoms with Crippen LogP contribution >= 0.6 is 0 Å². The number of rotatable bonds is 4. The molecule has 0 aromatic heterocycles. The second-order valence-electron chi connectivity index (χ2n) is 6.75. The van der Waals surface area contributed by atoms with Gasteiger partial charge in [-0.15, -0.1) is 0 Å². The number of carbonyl (C=O) groups is 2. The van der Waals surface area contributed by atoms with E-state index < -0.39 is 11.6 Å². The van der Waals surface area contributed by atoms with E-state index in [1.807, 2.05) is 27.7 Å². The number of ether oxygens (including phenoxy) is 1. The van der Waals surface area contributed by atoms with E-state index in [4.69, 9.17) is 10.5 Å². The number of carbonyl (C=O) groups excluding carboxylic acids is 2. The van der Waals surface area contributed by atoms with Crippen LogP contribution in [0.4, 0.5) is 4.79 Å². The summed E-state index contributed by atoms with van der Waals surface area (Å²) < 4.78 is 5.40.